The molecule has 1 atom stereocenters. The zero-order chi connectivity index (χ0) is 23.1. The first-order valence-electron chi connectivity index (χ1n) is 9.57. The molecule has 0 amide bonds. The number of carbonyl (C=O) groups excluding carboxylic acids is 1. The van der Waals surface area contributed by atoms with E-state index in [0.29, 0.717) is 11.1 Å². The number of allylic oxidation sites excluding steroid dienone is 2. The second-order valence-electron chi connectivity index (χ2n) is 6.77. The van der Waals surface area contributed by atoms with Gasteiger partial charge < -0.3 is 0 Å². The number of nitrogens with one attached hydrogen (secondary N) is 1. The van der Waals surface area contributed by atoms with Gasteiger partial charge in [0, 0.05) is 23.3 Å². The van der Waals surface area contributed by atoms with Crippen LogP contribution in [0.1, 0.15) is 22.0 Å². The first-order valence-corrected chi connectivity index (χ1v) is 11.1. The third-order valence-electron chi connectivity index (χ3n) is 4.67. The Bertz CT molecular complexity index is 1250. The summed E-state index contributed by atoms with van der Waals surface area (Å²) in [6.07, 6.45) is 2.83. The summed E-state index contributed by atoms with van der Waals surface area (Å²) in [6.45, 7) is 3.65. The summed E-state index contributed by atoms with van der Waals surface area (Å²) < 4.78 is 28.7. The second-order valence-corrected chi connectivity index (χ2v) is 8.48. The number of nitrogens with zero attached hydrogens (tertiary/aromatic N) is 1. The Labute approximate surface area is 185 Å². The van der Waals surface area contributed by atoms with Gasteiger partial charge in [-0.05, 0) is 17.7 Å². The summed E-state index contributed by atoms with van der Waals surface area (Å²) in [7, 11) is -4.02. The molecule has 0 radical (unpaired) electrons. The number of ketones is 1. The highest BCUT2D eigenvalue weighted by atomic mass is 32.2. The quantitative estimate of drug-likeness (QED) is 0.169. The fourth-order valence-electron chi connectivity index (χ4n) is 3.11. The van der Waals surface area contributed by atoms with E-state index in [2.05, 4.69) is 11.3 Å². The Morgan fingerprint density at radius 2 is 1.50 bits per heavy atom. The van der Waals surface area contributed by atoms with Crippen LogP contribution < -0.4 is 4.72 Å². The van der Waals surface area contributed by atoms with Gasteiger partial charge in [-0.2, -0.15) is 4.72 Å². The molecule has 0 fully saturated rings. The summed E-state index contributed by atoms with van der Waals surface area (Å²) in [4.78, 5) is 23.8. The van der Waals surface area contributed by atoms with Gasteiger partial charge in [0.1, 0.15) is 0 Å². The second kappa shape index (κ2) is 9.95. The van der Waals surface area contributed by atoms with E-state index in [1.165, 1.54) is 48.6 Å². The van der Waals surface area contributed by atoms with Gasteiger partial charge in [0.2, 0.25) is 10.0 Å². The molecule has 8 heteroatoms. The molecule has 0 aromatic heterocycles. The van der Waals surface area contributed by atoms with Gasteiger partial charge >= 0.3 is 0 Å². The number of hydrogen-bond acceptors (Lipinski definition) is 5. The molecule has 32 heavy (non-hydrogen) atoms. The minimum absolute atomic E-state index is 0.0250. The predicted octanol–water partition coefficient (Wildman–Crippen LogP) is 4.61. The van der Waals surface area contributed by atoms with Crippen LogP contribution in [0.5, 0.6) is 0 Å². The zero-order valence-corrected chi connectivity index (χ0v) is 17.7. The highest BCUT2D eigenvalue weighted by Gasteiger charge is 2.29. The van der Waals surface area contributed by atoms with E-state index in [1.54, 1.807) is 48.5 Å². The average Bonchev–Trinajstić information content (AvgIpc) is 2.82. The lowest BCUT2D eigenvalue weighted by molar-refractivity contribution is -0.384. The number of Topliss-reactive ketones (excluding diaryl/α,β-unsaturated/α-hetero) is 1. The standard InChI is InChI=1S/C24H20N2O5S/c1-2-9-22(24(27)19-10-5-3-6-11-19)23(18-14-16-20(17-15-18)26(28)29)25-32(30,31)21-12-7-4-8-13-21/h2-17,23,25H,1H2/b22-9+. The van der Waals surface area contributed by atoms with Crippen LogP contribution in [0.15, 0.2) is 114 Å². The summed E-state index contributed by atoms with van der Waals surface area (Å²) in [5.74, 6) is -0.399. The van der Waals surface area contributed by atoms with Crippen molar-refractivity contribution >= 4 is 21.5 Å². The number of rotatable bonds is 9. The van der Waals surface area contributed by atoms with E-state index in [9.17, 15) is 23.3 Å². The van der Waals surface area contributed by atoms with Gasteiger partial charge in [0.05, 0.1) is 15.9 Å². The van der Waals surface area contributed by atoms with Crippen LogP contribution in [-0.2, 0) is 10.0 Å². The first kappa shape index (κ1) is 22.8. The summed E-state index contributed by atoms with van der Waals surface area (Å²) in [6, 6.07) is 20.4. The number of nitro groups is 1. The molecular formula is C24H20N2O5S. The smallest absolute Gasteiger partial charge is 0.269 e. The van der Waals surface area contributed by atoms with Gasteiger partial charge in [0.25, 0.3) is 5.69 Å². The molecular weight excluding hydrogens is 428 g/mol. The van der Waals surface area contributed by atoms with Crippen molar-refractivity contribution in [3.8, 4) is 0 Å². The van der Waals surface area contributed by atoms with Crippen LogP contribution in [0.4, 0.5) is 5.69 Å². The highest BCUT2D eigenvalue weighted by Crippen LogP contribution is 2.29. The van der Waals surface area contributed by atoms with Gasteiger partial charge in [-0.25, -0.2) is 8.42 Å². The maximum absolute atomic E-state index is 13.3. The molecule has 0 aliphatic heterocycles. The lowest BCUT2D eigenvalue weighted by Gasteiger charge is -2.22. The van der Waals surface area contributed by atoms with Crippen LogP contribution in [0.2, 0.25) is 0 Å². The summed E-state index contributed by atoms with van der Waals surface area (Å²) in [5.41, 5.74) is 0.709. The van der Waals surface area contributed by atoms with Crippen molar-refractivity contribution in [1.82, 2.24) is 4.72 Å². The third-order valence-corrected chi connectivity index (χ3v) is 6.11. The van der Waals surface area contributed by atoms with E-state index in [1.807, 2.05) is 0 Å². The average molecular weight is 449 g/mol. The normalized spacial score (nSPS) is 12.7. The van der Waals surface area contributed by atoms with Crippen molar-refractivity contribution in [3.05, 3.63) is 130 Å². The SMILES string of the molecule is C=C/C=C(/C(=O)c1ccccc1)C(NS(=O)(=O)c1ccccc1)c1ccc([N+](=O)[O-])cc1. The molecule has 3 aromatic rings. The lowest BCUT2D eigenvalue weighted by atomic mass is 9.92. The van der Waals surface area contributed by atoms with Crippen LogP contribution >= 0.6 is 0 Å². The maximum Gasteiger partial charge on any atom is 0.269 e. The Morgan fingerprint density at radius 3 is 2.03 bits per heavy atom. The van der Waals surface area contributed by atoms with Crippen molar-refractivity contribution < 1.29 is 18.1 Å². The van der Waals surface area contributed by atoms with Gasteiger partial charge in [-0.1, -0.05) is 79.4 Å². The summed E-state index contributed by atoms with van der Waals surface area (Å²) >= 11 is 0. The number of nitro benzene ring substituents is 1. The molecule has 0 aliphatic rings. The maximum atomic E-state index is 13.3. The van der Waals surface area contributed by atoms with E-state index in [0.717, 1.165) is 0 Å². The minimum atomic E-state index is -4.02. The molecule has 0 heterocycles. The number of non-ortho nitro benzene ring substituents is 1. The van der Waals surface area contributed by atoms with Crippen LogP contribution in [0.3, 0.4) is 0 Å². The molecule has 0 bridgehead atoms. The van der Waals surface area contributed by atoms with Crippen molar-refractivity contribution in [3.63, 3.8) is 0 Å². The van der Waals surface area contributed by atoms with Crippen molar-refractivity contribution in [1.29, 1.82) is 0 Å². The van der Waals surface area contributed by atoms with Crippen LogP contribution in [0, 0.1) is 10.1 Å². The molecule has 3 aromatic carbocycles. The van der Waals surface area contributed by atoms with Crippen LogP contribution in [-0.4, -0.2) is 19.1 Å². The van der Waals surface area contributed by atoms with E-state index in [-0.39, 0.29) is 16.2 Å². The molecule has 1 unspecified atom stereocenters. The summed E-state index contributed by atoms with van der Waals surface area (Å²) in [5, 5.41) is 11.0. The topological polar surface area (TPSA) is 106 Å². The monoisotopic (exact) mass is 448 g/mol. The molecule has 0 saturated carbocycles. The fourth-order valence-corrected chi connectivity index (χ4v) is 4.33. The van der Waals surface area contributed by atoms with Gasteiger partial charge in [-0.15, -0.1) is 0 Å². The number of carbonyl (C=O) groups is 1. The third kappa shape index (κ3) is 5.23. The molecule has 3 rings (SSSR count). The van der Waals surface area contributed by atoms with Crippen molar-refractivity contribution in [2.45, 2.75) is 10.9 Å². The van der Waals surface area contributed by atoms with Crippen molar-refractivity contribution in [2.75, 3.05) is 0 Å². The van der Waals surface area contributed by atoms with E-state index in [4.69, 9.17) is 0 Å². The van der Waals surface area contributed by atoms with Crippen molar-refractivity contribution in [2.24, 2.45) is 0 Å². The largest absolute Gasteiger partial charge is 0.289 e. The molecule has 7 nitrogen and oxygen atoms in total. The van der Waals surface area contributed by atoms with Crippen LogP contribution in [0.25, 0.3) is 0 Å². The number of sulfonamides is 1. The van der Waals surface area contributed by atoms with Gasteiger partial charge in [-0.3, -0.25) is 14.9 Å². The van der Waals surface area contributed by atoms with Gasteiger partial charge in [0.15, 0.2) is 5.78 Å². The minimum Gasteiger partial charge on any atom is -0.289 e. The Kier molecular flexibility index (Phi) is 7.09. The predicted molar refractivity (Wildman–Crippen MR) is 122 cm³/mol. The number of benzene rings is 3. The Morgan fingerprint density at radius 1 is 0.938 bits per heavy atom. The Hall–Kier alpha value is -3.88. The fraction of sp³-hybridized carbons (Fsp3) is 0.0417. The molecule has 1 N–H and O–H groups in total. The molecule has 0 aliphatic carbocycles. The zero-order valence-electron chi connectivity index (χ0n) is 16.9. The highest BCUT2D eigenvalue weighted by molar-refractivity contribution is 7.89. The number of hydrogen-bond donors (Lipinski definition) is 1. The molecule has 0 saturated heterocycles. The Balaban J connectivity index is 2.11. The molecule has 162 valence electrons. The lowest BCUT2D eigenvalue weighted by Crippen LogP contribution is -2.32. The molecule has 0 spiro atoms. The van der Waals surface area contributed by atoms with E-state index < -0.39 is 26.8 Å². The van der Waals surface area contributed by atoms with E-state index >= 15 is 0 Å². The first-order chi connectivity index (χ1) is 15.3.